The van der Waals surface area contributed by atoms with Crippen LogP contribution in [0.4, 0.5) is 11.4 Å². The Morgan fingerprint density at radius 2 is 1.62 bits per heavy atom. The molecule has 0 saturated heterocycles. The highest BCUT2D eigenvalue weighted by Gasteiger charge is 2.45. The van der Waals surface area contributed by atoms with Gasteiger partial charge in [-0.25, -0.2) is 0 Å². The lowest BCUT2D eigenvalue weighted by Gasteiger charge is -2.33. The number of nitrogens with zero attached hydrogens (tertiary/aromatic N) is 2. The predicted octanol–water partition coefficient (Wildman–Crippen LogP) is 5.99. The molecule has 4 unspecified atom stereocenters. The molecule has 3 aromatic carbocycles. The summed E-state index contributed by atoms with van der Waals surface area (Å²) in [5.41, 5.74) is 5.52. The second kappa shape index (κ2) is 11.6. The average molecular weight is 527 g/mol. The Kier molecular flexibility index (Phi) is 8.03. The van der Waals surface area contributed by atoms with Gasteiger partial charge in [-0.05, 0) is 78.5 Å². The van der Waals surface area contributed by atoms with Crippen LogP contribution in [0.25, 0.3) is 11.1 Å². The van der Waals surface area contributed by atoms with Gasteiger partial charge in [-0.2, -0.15) is 0 Å². The molecule has 0 spiro atoms. The molecule has 1 N–H and O–H groups in total. The fourth-order valence-corrected chi connectivity index (χ4v) is 6.27. The maximum atomic E-state index is 14.0. The van der Waals surface area contributed by atoms with Crippen molar-refractivity contribution in [3.8, 4) is 11.1 Å². The number of carbonyl (C=O) groups excluding carboxylic acids is 2. The van der Waals surface area contributed by atoms with Gasteiger partial charge in [0.2, 0.25) is 5.91 Å². The molecule has 0 aliphatic heterocycles. The van der Waals surface area contributed by atoms with Gasteiger partial charge in [-0.3, -0.25) is 14.5 Å². The SMILES string of the molecule is COC(=O)CCc1cccc(N(C(=O)C2CC3CCC2C3)C(O)c2ccc(-c3ccc(N(C)C)cc3)cc2)c1. The zero-order chi connectivity index (χ0) is 27.5. The maximum Gasteiger partial charge on any atom is 0.305 e. The van der Waals surface area contributed by atoms with Gasteiger partial charge in [0.15, 0.2) is 6.23 Å². The van der Waals surface area contributed by atoms with Crippen LogP contribution < -0.4 is 9.80 Å². The number of anilines is 2. The highest BCUT2D eigenvalue weighted by atomic mass is 16.5. The topological polar surface area (TPSA) is 70.1 Å². The Bertz CT molecular complexity index is 1300. The number of rotatable bonds is 9. The van der Waals surface area contributed by atoms with Crippen molar-refractivity contribution in [2.75, 3.05) is 31.0 Å². The Labute approximate surface area is 231 Å². The van der Waals surface area contributed by atoms with E-state index in [0.29, 0.717) is 29.5 Å². The maximum absolute atomic E-state index is 14.0. The average Bonchev–Trinajstić information content (AvgIpc) is 3.60. The van der Waals surface area contributed by atoms with Crippen molar-refractivity contribution >= 4 is 23.3 Å². The monoisotopic (exact) mass is 526 g/mol. The van der Waals surface area contributed by atoms with Gasteiger partial charge in [0.1, 0.15) is 0 Å². The fourth-order valence-electron chi connectivity index (χ4n) is 6.27. The van der Waals surface area contributed by atoms with Crippen LogP contribution in [-0.4, -0.2) is 38.2 Å². The number of aliphatic hydroxyl groups is 1. The lowest BCUT2D eigenvalue weighted by Crippen LogP contribution is -2.41. The fraction of sp³-hybridized carbons (Fsp3) is 0.394. The van der Waals surface area contributed by atoms with Crippen LogP contribution in [-0.2, 0) is 20.7 Å². The number of methoxy groups -OCH3 is 1. The van der Waals surface area contributed by atoms with Crippen LogP contribution in [0.1, 0.15) is 49.5 Å². The molecule has 6 nitrogen and oxygen atoms in total. The second-order valence-corrected chi connectivity index (χ2v) is 11.2. The van der Waals surface area contributed by atoms with Crippen molar-refractivity contribution in [3.05, 3.63) is 83.9 Å². The molecule has 2 saturated carbocycles. The normalized spacial score (nSPS) is 20.5. The molecule has 2 bridgehead atoms. The van der Waals surface area contributed by atoms with E-state index in [4.69, 9.17) is 4.74 Å². The Morgan fingerprint density at radius 1 is 0.923 bits per heavy atom. The van der Waals surface area contributed by atoms with Crippen molar-refractivity contribution in [3.63, 3.8) is 0 Å². The summed E-state index contributed by atoms with van der Waals surface area (Å²) in [7, 11) is 5.42. The van der Waals surface area contributed by atoms with E-state index in [1.807, 2.05) is 62.6 Å². The zero-order valence-electron chi connectivity index (χ0n) is 23.0. The highest BCUT2D eigenvalue weighted by molar-refractivity contribution is 5.96. The van der Waals surface area contributed by atoms with Crippen LogP contribution in [0.3, 0.4) is 0 Å². The molecular formula is C33H38N2O4. The smallest absolute Gasteiger partial charge is 0.305 e. The summed E-state index contributed by atoms with van der Waals surface area (Å²) < 4.78 is 4.79. The second-order valence-electron chi connectivity index (χ2n) is 11.2. The molecule has 4 atom stereocenters. The first kappa shape index (κ1) is 26.9. The van der Waals surface area contributed by atoms with E-state index in [9.17, 15) is 14.7 Å². The summed E-state index contributed by atoms with van der Waals surface area (Å²) in [5.74, 6) is 0.668. The summed E-state index contributed by atoms with van der Waals surface area (Å²) >= 11 is 0. The molecule has 204 valence electrons. The Balaban J connectivity index is 1.42. The number of amides is 1. The van der Waals surface area contributed by atoms with Crippen LogP contribution in [0, 0.1) is 17.8 Å². The molecule has 2 aliphatic carbocycles. The number of aryl methyl sites for hydroxylation is 1. The van der Waals surface area contributed by atoms with E-state index in [0.717, 1.165) is 41.6 Å². The first-order valence-electron chi connectivity index (χ1n) is 13.9. The molecule has 0 radical (unpaired) electrons. The predicted molar refractivity (Wildman–Crippen MR) is 154 cm³/mol. The van der Waals surface area contributed by atoms with E-state index < -0.39 is 6.23 Å². The molecule has 1 amide bonds. The number of hydrogen-bond acceptors (Lipinski definition) is 5. The van der Waals surface area contributed by atoms with Gasteiger partial charge < -0.3 is 14.7 Å². The number of benzene rings is 3. The summed E-state index contributed by atoms with van der Waals surface area (Å²) in [6.07, 6.45) is 3.96. The first-order chi connectivity index (χ1) is 18.8. The summed E-state index contributed by atoms with van der Waals surface area (Å²) in [6.45, 7) is 0. The van der Waals surface area contributed by atoms with Gasteiger partial charge in [0.05, 0.1) is 7.11 Å². The number of ether oxygens (including phenoxy) is 1. The van der Waals surface area contributed by atoms with Gasteiger partial charge in [0, 0.05) is 43.4 Å². The summed E-state index contributed by atoms with van der Waals surface area (Å²) in [6, 6.07) is 23.8. The van der Waals surface area contributed by atoms with Gasteiger partial charge in [-0.15, -0.1) is 0 Å². The summed E-state index contributed by atoms with van der Waals surface area (Å²) in [5, 5.41) is 11.7. The standard InChI is InChI=1S/C33H38N2O4/c1-34(2)28-16-14-25(15-17-28)24-10-12-26(13-11-24)32(37)35(33(38)30-21-23-7-9-27(30)19-23)29-6-4-5-22(20-29)8-18-31(36)39-3/h4-6,10-17,20,23,27,30,32,37H,7-9,18-19,21H2,1-3H3. The molecule has 0 heterocycles. The minimum absolute atomic E-state index is 0.0110. The third-order valence-electron chi connectivity index (χ3n) is 8.50. The van der Waals surface area contributed by atoms with Crippen LogP contribution in [0.5, 0.6) is 0 Å². The lowest BCUT2D eigenvalue weighted by molar-refractivity contribution is -0.140. The largest absolute Gasteiger partial charge is 0.469 e. The van der Waals surface area contributed by atoms with Crippen molar-refractivity contribution in [1.29, 1.82) is 0 Å². The quantitative estimate of drug-likeness (QED) is 0.274. The van der Waals surface area contributed by atoms with Gasteiger partial charge in [-0.1, -0.05) is 55.0 Å². The van der Waals surface area contributed by atoms with E-state index >= 15 is 0 Å². The van der Waals surface area contributed by atoms with Crippen molar-refractivity contribution in [1.82, 2.24) is 0 Å². The van der Waals surface area contributed by atoms with E-state index in [-0.39, 0.29) is 24.2 Å². The van der Waals surface area contributed by atoms with E-state index in [2.05, 4.69) is 29.2 Å². The minimum atomic E-state index is -1.11. The summed E-state index contributed by atoms with van der Waals surface area (Å²) in [4.78, 5) is 29.4. The molecule has 3 aromatic rings. The highest BCUT2D eigenvalue weighted by Crippen LogP contribution is 2.49. The van der Waals surface area contributed by atoms with Gasteiger partial charge >= 0.3 is 5.97 Å². The van der Waals surface area contributed by atoms with Crippen LogP contribution in [0.15, 0.2) is 72.8 Å². The Morgan fingerprint density at radius 3 is 2.21 bits per heavy atom. The minimum Gasteiger partial charge on any atom is -0.469 e. The first-order valence-corrected chi connectivity index (χ1v) is 13.9. The van der Waals surface area contributed by atoms with Crippen molar-refractivity contribution in [2.24, 2.45) is 17.8 Å². The molecule has 0 aromatic heterocycles. The number of carbonyl (C=O) groups is 2. The number of hydrogen-bond donors (Lipinski definition) is 1. The Hall–Kier alpha value is -3.64. The molecule has 2 aliphatic rings. The van der Waals surface area contributed by atoms with Crippen LogP contribution in [0.2, 0.25) is 0 Å². The van der Waals surface area contributed by atoms with E-state index in [1.54, 1.807) is 4.90 Å². The molecule has 2 fully saturated rings. The van der Waals surface area contributed by atoms with E-state index in [1.165, 1.54) is 13.5 Å². The number of aliphatic hydroxyl groups excluding tert-OH is 1. The number of fused-ring (bicyclic) bond motifs is 2. The molecule has 6 heteroatoms. The number of esters is 1. The van der Waals surface area contributed by atoms with Gasteiger partial charge in [0.25, 0.3) is 0 Å². The lowest BCUT2D eigenvalue weighted by atomic mass is 9.87. The third kappa shape index (κ3) is 5.86. The zero-order valence-corrected chi connectivity index (χ0v) is 23.0. The molecule has 5 rings (SSSR count). The van der Waals surface area contributed by atoms with Crippen molar-refractivity contribution in [2.45, 2.75) is 44.8 Å². The third-order valence-corrected chi connectivity index (χ3v) is 8.50. The van der Waals surface area contributed by atoms with Crippen LogP contribution >= 0.6 is 0 Å². The molecule has 39 heavy (non-hydrogen) atoms. The molecular weight excluding hydrogens is 488 g/mol. The van der Waals surface area contributed by atoms with Crippen molar-refractivity contribution < 1.29 is 19.4 Å².